The van der Waals surface area contributed by atoms with Crippen LogP contribution in [0.4, 0.5) is 0 Å². The molecule has 0 aliphatic carbocycles. The molecular weight excluding hydrogens is 394 g/mol. The van der Waals surface area contributed by atoms with Gasteiger partial charge in [0.2, 0.25) is 0 Å². The molecule has 1 N–H and O–H groups in total. The molecule has 0 unspecified atom stereocenters. The van der Waals surface area contributed by atoms with Crippen LogP contribution in [0.25, 0.3) is 0 Å². The van der Waals surface area contributed by atoms with Crippen LogP contribution in [-0.2, 0) is 28.9 Å². The van der Waals surface area contributed by atoms with Gasteiger partial charge in [-0.15, -0.1) is 0 Å². The number of nitrogens with zero attached hydrogens (tertiary/aromatic N) is 2. The zero-order valence-corrected chi connectivity index (χ0v) is 18.8. The van der Waals surface area contributed by atoms with Crippen molar-refractivity contribution in [2.24, 2.45) is 5.92 Å². The van der Waals surface area contributed by atoms with Crippen molar-refractivity contribution in [1.82, 2.24) is 15.1 Å². The molecule has 1 aromatic heterocycles. The van der Waals surface area contributed by atoms with E-state index in [4.69, 9.17) is 14.6 Å². The van der Waals surface area contributed by atoms with Crippen molar-refractivity contribution in [3.05, 3.63) is 52.3 Å². The summed E-state index contributed by atoms with van der Waals surface area (Å²) in [5.74, 6) is -0.323. The summed E-state index contributed by atoms with van der Waals surface area (Å²) in [5.41, 5.74) is 4.11. The van der Waals surface area contributed by atoms with E-state index < -0.39 is 0 Å². The second kappa shape index (κ2) is 11.1. The molecule has 0 saturated heterocycles. The molecule has 2 aromatic rings. The Labute approximate surface area is 184 Å². The van der Waals surface area contributed by atoms with E-state index in [2.05, 4.69) is 5.32 Å². The van der Waals surface area contributed by atoms with Crippen LogP contribution in [0.3, 0.4) is 0 Å². The van der Waals surface area contributed by atoms with Gasteiger partial charge in [0.15, 0.2) is 0 Å². The summed E-state index contributed by atoms with van der Waals surface area (Å²) in [6, 6.07) is 7.35. The summed E-state index contributed by atoms with van der Waals surface area (Å²) >= 11 is 0. The highest BCUT2D eigenvalue weighted by molar-refractivity contribution is 5.96. The van der Waals surface area contributed by atoms with E-state index in [9.17, 15) is 9.59 Å². The van der Waals surface area contributed by atoms with E-state index in [-0.39, 0.29) is 24.4 Å². The Hall–Kier alpha value is -2.67. The summed E-state index contributed by atoms with van der Waals surface area (Å²) in [7, 11) is 0. The van der Waals surface area contributed by atoms with Gasteiger partial charge >= 0.3 is 5.97 Å². The van der Waals surface area contributed by atoms with Crippen molar-refractivity contribution in [1.29, 1.82) is 0 Å². The van der Waals surface area contributed by atoms with E-state index in [1.807, 2.05) is 37.6 Å². The summed E-state index contributed by atoms with van der Waals surface area (Å²) in [6.45, 7) is 8.82. The highest BCUT2D eigenvalue weighted by Crippen LogP contribution is 2.20. The van der Waals surface area contributed by atoms with Gasteiger partial charge < -0.3 is 14.8 Å². The molecule has 31 heavy (non-hydrogen) atoms. The minimum atomic E-state index is -0.322. The predicted molar refractivity (Wildman–Crippen MR) is 118 cm³/mol. The fraction of sp³-hybridized carbons (Fsp3) is 0.542. The number of benzene rings is 1. The van der Waals surface area contributed by atoms with E-state index in [0.29, 0.717) is 43.9 Å². The van der Waals surface area contributed by atoms with Gasteiger partial charge in [-0.2, -0.15) is 5.10 Å². The first kappa shape index (κ1) is 23.0. The fourth-order valence-electron chi connectivity index (χ4n) is 3.71. The number of amides is 1. The third kappa shape index (κ3) is 6.17. The van der Waals surface area contributed by atoms with Crippen LogP contribution < -0.4 is 5.32 Å². The molecule has 0 radical (unpaired) electrons. The van der Waals surface area contributed by atoms with Crippen molar-refractivity contribution in [3.63, 3.8) is 0 Å². The molecule has 0 fully saturated rings. The van der Waals surface area contributed by atoms with Gasteiger partial charge in [-0.1, -0.05) is 31.5 Å². The predicted octanol–water partition coefficient (Wildman–Crippen LogP) is 3.33. The van der Waals surface area contributed by atoms with Crippen LogP contribution in [-0.4, -0.2) is 48.0 Å². The lowest BCUT2D eigenvalue weighted by Gasteiger charge is -2.15. The van der Waals surface area contributed by atoms with Crippen molar-refractivity contribution in [2.75, 3.05) is 26.4 Å². The maximum absolute atomic E-state index is 12.8. The summed E-state index contributed by atoms with van der Waals surface area (Å²) < 4.78 is 13.1. The van der Waals surface area contributed by atoms with Crippen molar-refractivity contribution < 1.29 is 19.1 Å². The number of carbonyl (C=O) groups excluding carboxylic acids is 2. The van der Waals surface area contributed by atoms with E-state index in [1.165, 1.54) is 0 Å². The molecule has 168 valence electrons. The zero-order chi connectivity index (χ0) is 22.2. The molecule has 1 aliphatic rings. The molecule has 0 saturated carbocycles. The second-order valence-electron chi connectivity index (χ2n) is 8.20. The third-order valence-corrected chi connectivity index (χ3v) is 5.42. The molecule has 7 nitrogen and oxygen atoms in total. The van der Waals surface area contributed by atoms with E-state index in [1.54, 1.807) is 12.1 Å². The van der Waals surface area contributed by atoms with Crippen LogP contribution in [0.15, 0.2) is 24.3 Å². The number of fused-ring (bicyclic) bond motifs is 1. The first-order valence-electron chi connectivity index (χ1n) is 11.2. The van der Waals surface area contributed by atoms with Gasteiger partial charge in [0.1, 0.15) is 0 Å². The molecule has 7 heteroatoms. The highest BCUT2D eigenvalue weighted by Gasteiger charge is 2.24. The third-order valence-electron chi connectivity index (χ3n) is 5.42. The van der Waals surface area contributed by atoms with Gasteiger partial charge in [0.05, 0.1) is 29.1 Å². The Morgan fingerprint density at radius 2 is 2.00 bits per heavy atom. The smallest absolute Gasteiger partial charge is 0.338 e. The molecule has 1 aliphatic heterocycles. The second-order valence-corrected chi connectivity index (χ2v) is 8.20. The van der Waals surface area contributed by atoms with Crippen LogP contribution in [0.2, 0.25) is 0 Å². The minimum Gasteiger partial charge on any atom is -0.462 e. The standard InChI is InChI=1S/C24H33N3O4/c1-4-20-22-21(7-5-13-30-14-6-12-25-23(22)28)27(26-20)15-18(3)16-31-24(29)19-10-8-17(2)9-11-19/h8-11,18H,4-7,12-16H2,1-3H3,(H,25,28)/t18-/m1/s1. The van der Waals surface area contributed by atoms with Crippen LogP contribution in [0.1, 0.15) is 64.4 Å². The largest absolute Gasteiger partial charge is 0.462 e. The first-order chi connectivity index (χ1) is 15.0. The molecule has 0 bridgehead atoms. The quantitative estimate of drug-likeness (QED) is 0.715. The van der Waals surface area contributed by atoms with Gasteiger partial charge in [-0.05, 0) is 44.7 Å². The van der Waals surface area contributed by atoms with Crippen LogP contribution in [0, 0.1) is 12.8 Å². The average molecular weight is 428 g/mol. The topological polar surface area (TPSA) is 82.5 Å². The molecule has 3 rings (SSSR count). The van der Waals surface area contributed by atoms with Crippen LogP contribution in [0.5, 0.6) is 0 Å². The Morgan fingerprint density at radius 1 is 1.26 bits per heavy atom. The SMILES string of the molecule is CCc1nn(C[C@@H](C)COC(=O)c2ccc(C)cc2)c2c1C(=O)NCCCOCCC2. The van der Waals surface area contributed by atoms with E-state index >= 15 is 0 Å². The first-order valence-corrected chi connectivity index (χ1v) is 11.2. The highest BCUT2D eigenvalue weighted by atomic mass is 16.5. The zero-order valence-electron chi connectivity index (χ0n) is 18.8. The lowest BCUT2D eigenvalue weighted by Crippen LogP contribution is -2.27. The Kier molecular flexibility index (Phi) is 8.23. The molecule has 1 atom stereocenters. The normalized spacial score (nSPS) is 16.0. The number of aryl methyl sites for hydroxylation is 2. The molecule has 0 spiro atoms. The van der Waals surface area contributed by atoms with E-state index in [0.717, 1.165) is 36.2 Å². The van der Waals surface area contributed by atoms with Gasteiger partial charge in [-0.3, -0.25) is 9.48 Å². The number of carbonyl (C=O) groups is 2. The monoisotopic (exact) mass is 427 g/mol. The minimum absolute atomic E-state index is 0.0561. The van der Waals surface area contributed by atoms with Gasteiger partial charge in [-0.25, -0.2) is 4.79 Å². The number of rotatable bonds is 6. The van der Waals surface area contributed by atoms with Crippen molar-refractivity contribution in [2.45, 2.75) is 53.0 Å². The summed E-state index contributed by atoms with van der Waals surface area (Å²) in [4.78, 5) is 25.2. The maximum atomic E-state index is 12.8. The maximum Gasteiger partial charge on any atom is 0.338 e. The number of esters is 1. The van der Waals surface area contributed by atoms with Crippen molar-refractivity contribution in [3.8, 4) is 0 Å². The van der Waals surface area contributed by atoms with Gasteiger partial charge in [0.25, 0.3) is 5.91 Å². The fourth-order valence-corrected chi connectivity index (χ4v) is 3.71. The Balaban J connectivity index is 1.70. The van der Waals surface area contributed by atoms with Crippen LogP contribution >= 0.6 is 0 Å². The number of aromatic nitrogens is 2. The lowest BCUT2D eigenvalue weighted by atomic mass is 10.1. The molecule has 1 aromatic carbocycles. The summed E-state index contributed by atoms with van der Waals surface area (Å²) in [5, 5.41) is 7.74. The lowest BCUT2D eigenvalue weighted by molar-refractivity contribution is 0.0435. The number of hydrogen-bond acceptors (Lipinski definition) is 5. The number of ether oxygens (including phenoxy) is 2. The number of nitrogens with one attached hydrogen (secondary N) is 1. The molecule has 2 heterocycles. The van der Waals surface area contributed by atoms with Gasteiger partial charge in [0, 0.05) is 32.2 Å². The Bertz CT molecular complexity index is 889. The molecular formula is C24H33N3O4. The summed E-state index contributed by atoms with van der Waals surface area (Å²) in [6.07, 6.45) is 3.06. The van der Waals surface area contributed by atoms with Crippen molar-refractivity contribution >= 4 is 11.9 Å². The Morgan fingerprint density at radius 3 is 2.74 bits per heavy atom. The average Bonchev–Trinajstić information content (AvgIpc) is 3.09. The molecule has 1 amide bonds. The number of hydrogen-bond donors (Lipinski definition) is 1.